The van der Waals surface area contributed by atoms with Crippen LogP contribution in [0, 0.1) is 6.92 Å². The highest BCUT2D eigenvalue weighted by Crippen LogP contribution is 2.12. The lowest BCUT2D eigenvalue weighted by molar-refractivity contribution is 0.637. The fourth-order valence-electron chi connectivity index (χ4n) is 1.76. The Labute approximate surface area is 102 Å². The molecule has 0 radical (unpaired) electrons. The Morgan fingerprint density at radius 2 is 2.44 bits per heavy atom. The van der Waals surface area contributed by atoms with Gasteiger partial charge >= 0.3 is 0 Å². The Morgan fingerprint density at radius 1 is 1.62 bits per heavy atom. The van der Waals surface area contributed by atoms with Crippen LogP contribution in [0.5, 0.6) is 0 Å². The second-order valence-corrected chi connectivity index (χ2v) is 5.70. The first-order valence-electron chi connectivity index (χ1n) is 5.28. The zero-order valence-electron chi connectivity index (χ0n) is 9.07. The van der Waals surface area contributed by atoms with E-state index in [2.05, 4.69) is 15.3 Å². The smallest absolute Gasteiger partial charge is 0.220 e. The Hall–Kier alpha value is -0.520. The van der Waals surface area contributed by atoms with Crippen LogP contribution >= 0.6 is 11.6 Å². The van der Waals surface area contributed by atoms with E-state index in [0.29, 0.717) is 22.1 Å². The predicted octanol–water partition coefficient (Wildman–Crippen LogP) is 1.30. The second-order valence-electron chi connectivity index (χ2n) is 3.92. The SMILES string of the molecule is Cc1cc(Cl)nc([S@](=O)C[C@@H]2CCCN2)n1. The highest BCUT2D eigenvalue weighted by molar-refractivity contribution is 7.84. The quantitative estimate of drug-likeness (QED) is 0.657. The maximum atomic E-state index is 12.0. The zero-order chi connectivity index (χ0) is 11.5. The summed E-state index contributed by atoms with van der Waals surface area (Å²) in [6, 6.07) is 1.99. The van der Waals surface area contributed by atoms with Gasteiger partial charge in [-0.25, -0.2) is 9.97 Å². The Morgan fingerprint density at radius 3 is 3.06 bits per heavy atom. The number of rotatable bonds is 3. The summed E-state index contributed by atoms with van der Waals surface area (Å²) in [7, 11) is -1.16. The van der Waals surface area contributed by atoms with Crippen molar-refractivity contribution in [3.8, 4) is 0 Å². The summed E-state index contributed by atoms with van der Waals surface area (Å²) in [6.07, 6.45) is 2.22. The molecule has 0 saturated carbocycles. The lowest BCUT2D eigenvalue weighted by Crippen LogP contribution is -2.28. The van der Waals surface area contributed by atoms with Crippen LogP contribution in [-0.4, -0.2) is 32.5 Å². The summed E-state index contributed by atoms with van der Waals surface area (Å²) in [4.78, 5) is 8.15. The first-order valence-corrected chi connectivity index (χ1v) is 6.98. The van der Waals surface area contributed by atoms with Gasteiger partial charge in [0.15, 0.2) is 0 Å². The van der Waals surface area contributed by atoms with E-state index < -0.39 is 10.8 Å². The molecule has 1 fully saturated rings. The molecule has 1 aliphatic rings. The number of nitrogens with zero attached hydrogens (tertiary/aromatic N) is 2. The number of hydrogen-bond donors (Lipinski definition) is 1. The number of nitrogens with one attached hydrogen (secondary N) is 1. The molecule has 6 heteroatoms. The average molecular weight is 260 g/mol. The Bertz CT molecular complexity index is 387. The fraction of sp³-hybridized carbons (Fsp3) is 0.600. The van der Waals surface area contributed by atoms with Crippen LogP contribution in [0.2, 0.25) is 5.15 Å². The molecule has 88 valence electrons. The van der Waals surface area contributed by atoms with Crippen LogP contribution in [0.1, 0.15) is 18.5 Å². The van der Waals surface area contributed by atoms with E-state index in [1.165, 1.54) is 0 Å². The van der Waals surface area contributed by atoms with E-state index in [1.807, 2.05) is 6.92 Å². The fourth-order valence-corrected chi connectivity index (χ4v) is 3.30. The lowest BCUT2D eigenvalue weighted by Gasteiger charge is -2.08. The normalized spacial score (nSPS) is 22.2. The van der Waals surface area contributed by atoms with Gasteiger partial charge in [-0.15, -0.1) is 0 Å². The van der Waals surface area contributed by atoms with Gasteiger partial charge in [-0.2, -0.15) is 0 Å². The van der Waals surface area contributed by atoms with Crippen LogP contribution in [0.15, 0.2) is 11.2 Å². The van der Waals surface area contributed by atoms with Crippen molar-refractivity contribution in [3.05, 3.63) is 16.9 Å². The third kappa shape index (κ3) is 2.99. The first kappa shape index (κ1) is 12.0. The Balaban J connectivity index is 2.07. The van der Waals surface area contributed by atoms with Gasteiger partial charge in [-0.1, -0.05) is 11.6 Å². The molecule has 2 rings (SSSR count). The lowest BCUT2D eigenvalue weighted by atomic mass is 10.3. The van der Waals surface area contributed by atoms with E-state index >= 15 is 0 Å². The highest BCUT2D eigenvalue weighted by atomic mass is 35.5. The second kappa shape index (κ2) is 5.21. The largest absolute Gasteiger partial charge is 0.313 e. The summed E-state index contributed by atoms with van der Waals surface area (Å²) in [5.41, 5.74) is 0.753. The van der Waals surface area contributed by atoms with Gasteiger partial charge in [0.2, 0.25) is 5.16 Å². The average Bonchev–Trinajstić information content (AvgIpc) is 2.68. The third-order valence-corrected chi connectivity index (χ3v) is 4.01. The molecule has 2 atom stereocenters. The van der Waals surface area contributed by atoms with Crippen molar-refractivity contribution >= 4 is 22.4 Å². The van der Waals surface area contributed by atoms with Crippen molar-refractivity contribution in [2.45, 2.75) is 31.0 Å². The minimum Gasteiger partial charge on any atom is -0.313 e. The molecule has 16 heavy (non-hydrogen) atoms. The van der Waals surface area contributed by atoms with Crippen molar-refractivity contribution in [1.29, 1.82) is 0 Å². The van der Waals surface area contributed by atoms with Crippen molar-refractivity contribution < 1.29 is 4.21 Å². The first-order chi connectivity index (χ1) is 7.65. The van der Waals surface area contributed by atoms with Gasteiger partial charge < -0.3 is 5.32 Å². The van der Waals surface area contributed by atoms with Crippen molar-refractivity contribution in [2.75, 3.05) is 12.3 Å². The third-order valence-electron chi connectivity index (χ3n) is 2.52. The molecule has 2 heterocycles. The maximum absolute atomic E-state index is 12.0. The summed E-state index contributed by atoms with van der Waals surface area (Å²) in [5.74, 6) is 0.569. The summed E-state index contributed by atoms with van der Waals surface area (Å²) < 4.78 is 12.0. The molecule has 0 unspecified atom stereocenters. The van der Waals surface area contributed by atoms with Gasteiger partial charge in [0.25, 0.3) is 0 Å². The van der Waals surface area contributed by atoms with E-state index in [4.69, 9.17) is 11.6 Å². The number of aryl methyl sites for hydroxylation is 1. The zero-order valence-corrected chi connectivity index (χ0v) is 10.6. The summed E-state index contributed by atoms with van der Waals surface area (Å²) in [5, 5.41) is 4.01. The van der Waals surface area contributed by atoms with Crippen LogP contribution in [0.4, 0.5) is 0 Å². The molecule has 0 amide bonds. The molecule has 0 aliphatic carbocycles. The van der Waals surface area contributed by atoms with Crippen molar-refractivity contribution in [1.82, 2.24) is 15.3 Å². The van der Waals surface area contributed by atoms with Gasteiger partial charge in [-0.05, 0) is 32.4 Å². The molecular weight excluding hydrogens is 246 g/mol. The van der Waals surface area contributed by atoms with Crippen LogP contribution in [0.25, 0.3) is 0 Å². The predicted molar refractivity (Wildman–Crippen MR) is 64.1 cm³/mol. The molecule has 1 aromatic rings. The number of hydrogen-bond acceptors (Lipinski definition) is 4. The van der Waals surface area contributed by atoms with Crippen molar-refractivity contribution in [2.24, 2.45) is 0 Å². The summed E-state index contributed by atoms with van der Waals surface area (Å²) >= 11 is 5.81. The molecule has 1 N–H and O–H groups in total. The van der Waals surface area contributed by atoms with Gasteiger partial charge in [-0.3, -0.25) is 4.21 Å². The highest BCUT2D eigenvalue weighted by Gasteiger charge is 2.19. The van der Waals surface area contributed by atoms with Gasteiger partial charge in [0.1, 0.15) is 5.15 Å². The van der Waals surface area contributed by atoms with Crippen LogP contribution in [0.3, 0.4) is 0 Å². The molecule has 1 aliphatic heterocycles. The molecule has 0 spiro atoms. The summed E-state index contributed by atoms with van der Waals surface area (Å²) in [6.45, 7) is 2.83. The maximum Gasteiger partial charge on any atom is 0.220 e. The minimum absolute atomic E-state index is 0.323. The minimum atomic E-state index is -1.16. The topological polar surface area (TPSA) is 54.9 Å². The number of aromatic nitrogens is 2. The molecule has 0 aromatic carbocycles. The number of halogens is 1. The molecule has 0 bridgehead atoms. The van der Waals surface area contributed by atoms with E-state index in [0.717, 1.165) is 25.1 Å². The monoisotopic (exact) mass is 259 g/mol. The van der Waals surface area contributed by atoms with E-state index in [-0.39, 0.29) is 0 Å². The standard InChI is InChI=1S/C10H14ClN3OS/c1-7-5-9(11)14-10(13-7)16(15)6-8-3-2-4-12-8/h5,8,12H,2-4,6H2,1H3/t8-,16+/m0/s1. The van der Waals surface area contributed by atoms with E-state index in [1.54, 1.807) is 6.07 Å². The Kier molecular flexibility index (Phi) is 3.89. The molecule has 1 aromatic heterocycles. The van der Waals surface area contributed by atoms with Crippen LogP contribution < -0.4 is 5.32 Å². The molecule has 1 saturated heterocycles. The van der Waals surface area contributed by atoms with Crippen molar-refractivity contribution in [3.63, 3.8) is 0 Å². The molecule has 4 nitrogen and oxygen atoms in total. The van der Waals surface area contributed by atoms with Crippen LogP contribution in [-0.2, 0) is 10.8 Å². The van der Waals surface area contributed by atoms with Gasteiger partial charge in [0, 0.05) is 17.5 Å². The van der Waals surface area contributed by atoms with E-state index in [9.17, 15) is 4.21 Å². The van der Waals surface area contributed by atoms with Gasteiger partial charge in [0.05, 0.1) is 10.8 Å². The molecular formula is C10H14ClN3OS.